The van der Waals surface area contributed by atoms with Crippen molar-refractivity contribution in [2.75, 3.05) is 5.32 Å². The Balaban J connectivity index is 1.56. The van der Waals surface area contributed by atoms with Crippen molar-refractivity contribution in [2.24, 2.45) is 5.92 Å². The number of ether oxygens (including phenoxy) is 1. The summed E-state index contributed by atoms with van der Waals surface area (Å²) in [6.45, 7) is 5.13. The van der Waals surface area contributed by atoms with E-state index in [-0.39, 0.29) is 17.4 Å². The second kappa shape index (κ2) is 10.2. The molecular formula is C29H29F2N5O3S. The number of rotatable bonds is 7. The van der Waals surface area contributed by atoms with Crippen LogP contribution in [-0.4, -0.2) is 33.9 Å². The van der Waals surface area contributed by atoms with Crippen LogP contribution in [0.2, 0.25) is 0 Å². The molecule has 0 aliphatic heterocycles. The molecule has 208 valence electrons. The largest absolute Gasteiger partial charge is 0.472 e. The fourth-order valence-electron chi connectivity index (χ4n) is 4.82. The third-order valence-electron chi connectivity index (χ3n) is 7.01. The highest BCUT2D eigenvalue weighted by Gasteiger charge is 2.48. The van der Waals surface area contributed by atoms with E-state index in [0.29, 0.717) is 22.4 Å². The van der Waals surface area contributed by atoms with Gasteiger partial charge < -0.3 is 10.1 Å². The standard InChI is InChI=1S/C29H29F2N5O3S/c1-28(2,3)40(37,38)22-11-9-21(10-12-22)34-26-25-23(36(35-26)24-16-29(30,31)15-20(24)17-32)13-14-33-27(25)39-18-19-7-5-4-6-8-19/h4-14,20,24H,15-16,18H2,1-3H3,(H,34,35). The van der Waals surface area contributed by atoms with Crippen molar-refractivity contribution in [3.63, 3.8) is 0 Å². The van der Waals surface area contributed by atoms with Crippen LogP contribution in [0.15, 0.2) is 71.8 Å². The first-order valence-corrected chi connectivity index (χ1v) is 14.3. The lowest BCUT2D eigenvalue weighted by Crippen LogP contribution is -2.27. The fraction of sp³-hybridized carbons (Fsp3) is 0.345. The van der Waals surface area contributed by atoms with Gasteiger partial charge in [0.1, 0.15) is 12.0 Å². The van der Waals surface area contributed by atoms with E-state index in [0.717, 1.165) is 5.56 Å². The fourth-order valence-corrected chi connectivity index (χ4v) is 6.02. The van der Waals surface area contributed by atoms with E-state index in [2.05, 4.69) is 15.4 Å². The number of halogens is 2. The Hall–Kier alpha value is -4.04. The van der Waals surface area contributed by atoms with E-state index >= 15 is 0 Å². The van der Waals surface area contributed by atoms with Crippen LogP contribution >= 0.6 is 0 Å². The topological polar surface area (TPSA) is 110 Å². The molecule has 0 spiro atoms. The Morgan fingerprint density at radius 1 is 1.10 bits per heavy atom. The molecule has 2 atom stereocenters. The molecule has 2 unspecified atom stereocenters. The summed E-state index contributed by atoms with van der Waals surface area (Å²) in [4.78, 5) is 4.58. The predicted octanol–water partition coefficient (Wildman–Crippen LogP) is 6.44. The summed E-state index contributed by atoms with van der Waals surface area (Å²) in [6.07, 6.45) is 0.471. The second-order valence-corrected chi connectivity index (χ2v) is 13.6. The van der Waals surface area contributed by atoms with Gasteiger partial charge in [0.05, 0.1) is 33.2 Å². The summed E-state index contributed by atoms with van der Waals surface area (Å²) in [7, 11) is -3.55. The molecule has 0 bridgehead atoms. The maximum Gasteiger partial charge on any atom is 0.251 e. The smallest absolute Gasteiger partial charge is 0.251 e. The molecule has 1 aliphatic carbocycles. The molecule has 11 heteroatoms. The summed E-state index contributed by atoms with van der Waals surface area (Å²) in [5.74, 6) is -3.36. The Kier molecular flexibility index (Phi) is 7.00. The lowest BCUT2D eigenvalue weighted by molar-refractivity contribution is 0.00392. The van der Waals surface area contributed by atoms with Gasteiger partial charge in [0, 0.05) is 24.7 Å². The highest BCUT2D eigenvalue weighted by Crippen LogP contribution is 2.47. The van der Waals surface area contributed by atoms with Gasteiger partial charge >= 0.3 is 0 Å². The van der Waals surface area contributed by atoms with Gasteiger partial charge in [-0.25, -0.2) is 22.2 Å². The van der Waals surface area contributed by atoms with Gasteiger partial charge in [0.2, 0.25) is 5.88 Å². The molecule has 0 saturated heterocycles. The van der Waals surface area contributed by atoms with Crippen LogP contribution in [0.5, 0.6) is 5.88 Å². The van der Waals surface area contributed by atoms with Crippen LogP contribution in [0.25, 0.3) is 10.9 Å². The second-order valence-electron chi connectivity index (χ2n) is 10.9. The average Bonchev–Trinajstić information content (AvgIpc) is 3.44. The number of alkyl halides is 2. The molecule has 0 radical (unpaired) electrons. The highest BCUT2D eigenvalue weighted by atomic mass is 32.2. The van der Waals surface area contributed by atoms with Gasteiger partial charge in [0.15, 0.2) is 15.7 Å². The number of anilines is 2. The Morgan fingerprint density at radius 3 is 2.45 bits per heavy atom. The molecule has 1 N–H and O–H groups in total. The van der Waals surface area contributed by atoms with Gasteiger partial charge in [-0.15, -0.1) is 0 Å². The Bertz CT molecular complexity index is 1680. The minimum absolute atomic E-state index is 0.180. The molecule has 2 aromatic carbocycles. The molecule has 2 heterocycles. The summed E-state index contributed by atoms with van der Waals surface area (Å²) in [5.41, 5.74) is 1.94. The van der Waals surface area contributed by atoms with Gasteiger partial charge in [-0.2, -0.15) is 10.4 Å². The van der Waals surface area contributed by atoms with Crippen molar-refractivity contribution in [1.82, 2.24) is 14.8 Å². The molecule has 8 nitrogen and oxygen atoms in total. The number of benzene rings is 2. The zero-order valence-corrected chi connectivity index (χ0v) is 23.1. The summed E-state index contributed by atoms with van der Waals surface area (Å²) in [6, 6.07) is 18.6. The summed E-state index contributed by atoms with van der Waals surface area (Å²) >= 11 is 0. The molecule has 40 heavy (non-hydrogen) atoms. The number of fused-ring (bicyclic) bond motifs is 1. The van der Waals surface area contributed by atoms with Gasteiger partial charge in [-0.1, -0.05) is 30.3 Å². The number of nitrogens with zero attached hydrogens (tertiary/aromatic N) is 4. The van der Waals surface area contributed by atoms with Crippen molar-refractivity contribution in [3.8, 4) is 11.9 Å². The Labute approximate surface area is 231 Å². The van der Waals surface area contributed by atoms with E-state index in [9.17, 15) is 22.5 Å². The minimum Gasteiger partial charge on any atom is -0.472 e. The molecule has 5 rings (SSSR count). The maximum absolute atomic E-state index is 14.4. The van der Waals surface area contributed by atoms with Crippen molar-refractivity contribution in [3.05, 3.63) is 72.4 Å². The quantitative estimate of drug-likeness (QED) is 0.275. The lowest BCUT2D eigenvalue weighted by atomic mass is 10.1. The summed E-state index contributed by atoms with van der Waals surface area (Å²) in [5, 5.41) is 17.9. The number of hydrogen-bond donors (Lipinski definition) is 1. The summed E-state index contributed by atoms with van der Waals surface area (Å²) < 4.78 is 61.0. The third kappa shape index (κ3) is 5.23. The van der Waals surface area contributed by atoms with Crippen LogP contribution in [0.1, 0.15) is 45.2 Å². The minimum atomic E-state index is -3.55. The van der Waals surface area contributed by atoms with E-state index in [1.165, 1.54) is 23.0 Å². The normalized spacial score (nSPS) is 18.9. The van der Waals surface area contributed by atoms with Crippen LogP contribution in [0.3, 0.4) is 0 Å². The van der Waals surface area contributed by atoms with Crippen LogP contribution in [-0.2, 0) is 16.4 Å². The number of nitriles is 1. The van der Waals surface area contributed by atoms with E-state index in [1.54, 1.807) is 39.0 Å². The third-order valence-corrected chi connectivity index (χ3v) is 9.51. The average molecular weight is 566 g/mol. The van der Waals surface area contributed by atoms with Crippen LogP contribution < -0.4 is 10.1 Å². The molecule has 4 aromatic rings. The van der Waals surface area contributed by atoms with E-state index in [1.807, 2.05) is 36.4 Å². The van der Waals surface area contributed by atoms with E-state index in [4.69, 9.17) is 4.74 Å². The number of hydrogen-bond acceptors (Lipinski definition) is 7. The zero-order valence-electron chi connectivity index (χ0n) is 22.3. The van der Waals surface area contributed by atoms with Gasteiger partial charge in [0.25, 0.3) is 5.92 Å². The monoisotopic (exact) mass is 565 g/mol. The van der Waals surface area contributed by atoms with Gasteiger partial charge in [-0.05, 0) is 56.7 Å². The van der Waals surface area contributed by atoms with E-state index < -0.39 is 45.3 Å². The lowest BCUT2D eigenvalue weighted by Gasteiger charge is -2.19. The maximum atomic E-state index is 14.4. The van der Waals surface area contributed by atoms with Gasteiger partial charge in [-0.3, -0.25) is 4.68 Å². The van der Waals surface area contributed by atoms with Crippen molar-refractivity contribution >= 4 is 32.2 Å². The SMILES string of the molecule is CC(C)(C)S(=O)(=O)c1ccc(Nc2nn(C3CC(F)(F)CC3C#N)c3ccnc(OCc4ccccc4)c23)cc1. The number of pyridine rings is 1. The number of sulfone groups is 1. The molecule has 1 saturated carbocycles. The number of aromatic nitrogens is 3. The molecule has 1 aliphatic rings. The first-order chi connectivity index (χ1) is 18.9. The Morgan fingerprint density at radius 2 is 1.80 bits per heavy atom. The van der Waals surface area contributed by atoms with Crippen molar-refractivity contribution in [2.45, 2.75) is 61.8 Å². The number of nitrogens with one attached hydrogen (secondary N) is 1. The van der Waals surface area contributed by atoms with Crippen molar-refractivity contribution < 1.29 is 21.9 Å². The van der Waals surface area contributed by atoms with Crippen LogP contribution in [0.4, 0.5) is 20.3 Å². The highest BCUT2D eigenvalue weighted by molar-refractivity contribution is 7.92. The van der Waals surface area contributed by atoms with Crippen molar-refractivity contribution in [1.29, 1.82) is 5.26 Å². The first-order valence-electron chi connectivity index (χ1n) is 12.8. The first kappa shape index (κ1) is 27.5. The predicted molar refractivity (Wildman–Crippen MR) is 147 cm³/mol. The molecule has 1 fully saturated rings. The zero-order chi connectivity index (χ0) is 28.7. The molecule has 2 aromatic heterocycles. The van der Waals surface area contributed by atoms with Crippen LogP contribution in [0, 0.1) is 17.2 Å². The molecular weight excluding hydrogens is 536 g/mol. The molecule has 0 amide bonds.